The number of thiocarbonyl (C=S) groups is 1. The zero-order valence-corrected chi connectivity index (χ0v) is 6.54. The Labute approximate surface area is 72.4 Å². The molecule has 0 aliphatic carbocycles. The molecule has 0 radical (unpaired) electrons. The van der Waals surface area contributed by atoms with Crippen LogP contribution in [0.25, 0.3) is 0 Å². The van der Waals surface area contributed by atoms with E-state index in [0.717, 1.165) is 0 Å². The lowest BCUT2D eigenvalue weighted by Crippen LogP contribution is -2.43. The molecule has 7 heteroatoms. The highest BCUT2D eigenvalue weighted by Gasteiger charge is 2.29. The van der Waals surface area contributed by atoms with Crippen LogP contribution in [0.3, 0.4) is 0 Å². The molecular formula is C5H3N5OS. The van der Waals surface area contributed by atoms with Crippen molar-refractivity contribution in [1.29, 1.82) is 5.41 Å². The van der Waals surface area contributed by atoms with Crippen molar-refractivity contribution in [2.45, 2.75) is 0 Å². The maximum absolute atomic E-state index is 9.12. The lowest BCUT2D eigenvalue weighted by atomic mass is 10.3. The molecule has 0 saturated heterocycles. The van der Waals surface area contributed by atoms with Crippen molar-refractivity contribution in [1.82, 2.24) is 5.06 Å². The molecule has 6 nitrogen and oxygen atoms in total. The normalized spacial score (nSPS) is 20.9. The summed E-state index contributed by atoms with van der Waals surface area (Å²) in [6.45, 7) is 0. The molecule has 2 aliphatic rings. The quantitative estimate of drug-likeness (QED) is 0.509. The van der Waals surface area contributed by atoms with Crippen molar-refractivity contribution < 1.29 is 5.21 Å². The van der Waals surface area contributed by atoms with Gasteiger partial charge in [-0.1, -0.05) is 0 Å². The van der Waals surface area contributed by atoms with Gasteiger partial charge in [0.25, 0.3) is 0 Å². The third kappa shape index (κ3) is 0.804. The third-order valence-corrected chi connectivity index (χ3v) is 1.66. The van der Waals surface area contributed by atoms with E-state index in [1.807, 2.05) is 0 Å². The predicted molar refractivity (Wildman–Crippen MR) is 47.3 cm³/mol. The van der Waals surface area contributed by atoms with E-state index >= 15 is 0 Å². The van der Waals surface area contributed by atoms with E-state index in [4.69, 9.17) is 10.6 Å². The van der Waals surface area contributed by atoms with Crippen LogP contribution in [-0.2, 0) is 0 Å². The second kappa shape index (κ2) is 2.26. The molecule has 0 unspecified atom stereocenters. The first kappa shape index (κ1) is 7.19. The summed E-state index contributed by atoms with van der Waals surface area (Å²) in [5.74, 6) is 0.0952. The number of aliphatic imine (C=N–C) groups is 3. The van der Waals surface area contributed by atoms with E-state index in [9.17, 15) is 0 Å². The molecule has 0 aromatic heterocycles. The highest BCUT2D eigenvalue weighted by molar-refractivity contribution is 7.80. The molecule has 0 bridgehead atoms. The molecule has 0 fully saturated rings. The largest absolute Gasteiger partial charge is 0.280 e. The number of nitrogens with zero attached hydrogens (tertiary/aromatic N) is 4. The van der Waals surface area contributed by atoms with Gasteiger partial charge in [-0.05, 0) is 12.2 Å². The summed E-state index contributed by atoms with van der Waals surface area (Å²) in [6, 6.07) is 0. The van der Waals surface area contributed by atoms with Crippen LogP contribution < -0.4 is 0 Å². The van der Waals surface area contributed by atoms with Crippen molar-refractivity contribution in [3.05, 3.63) is 0 Å². The molecule has 12 heavy (non-hydrogen) atoms. The van der Waals surface area contributed by atoms with E-state index in [2.05, 4.69) is 27.2 Å². The highest BCUT2D eigenvalue weighted by atomic mass is 32.1. The van der Waals surface area contributed by atoms with Gasteiger partial charge in [0.1, 0.15) is 6.34 Å². The Morgan fingerprint density at radius 1 is 1.58 bits per heavy atom. The number of rotatable bonds is 0. The summed E-state index contributed by atoms with van der Waals surface area (Å²) in [5.41, 5.74) is 0.242. The Kier molecular flexibility index (Phi) is 1.35. The van der Waals surface area contributed by atoms with Gasteiger partial charge in [-0.15, -0.1) is 0 Å². The molecule has 0 aromatic rings. The van der Waals surface area contributed by atoms with Crippen LogP contribution >= 0.6 is 12.2 Å². The van der Waals surface area contributed by atoms with Gasteiger partial charge in [0.2, 0.25) is 5.11 Å². The minimum absolute atomic E-state index is 0.0898. The monoisotopic (exact) mass is 181 g/mol. The van der Waals surface area contributed by atoms with Crippen molar-refractivity contribution in [2.24, 2.45) is 15.0 Å². The minimum atomic E-state index is -0.192. The molecule has 0 amide bonds. The summed E-state index contributed by atoms with van der Waals surface area (Å²) in [7, 11) is 0. The number of fused-ring (bicyclic) bond motifs is 1. The predicted octanol–water partition coefficient (Wildman–Crippen LogP) is -0.165. The average molecular weight is 181 g/mol. The van der Waals surface area contributed by atoms with Crippen molar-refractivity contribution in [2.75, 3.05) is 0 Å². The van der Waals surface area contributed by atoms with Gasteiger partial charge in [-0.2, -0.15) is 10.1 Å². The van der Waals surface area contributed by atoms with Gasteiger partial charge in [0.15, 0.2) is 17.4 Å². The third-order valence-electron chi connectivity index (χ3n) is 1.40. The summed E-state index contributed by atoms with van der Waals surface area (Å²) < 4.78 is 0. The molecular weight excluding hydrogens is 178 g/mol. The van der Waals surface area contributed by atoms with E-state index < -0.39 is 0 Å². The van der Waals surface area contributed by atoms with Crippen LogP contribution in [0.15, 0.2) is 15.0 Å². The van der Waals surface area contributed by atoms with Gasteiger partial charge in [-0.25, -0.2) is 9.98 Å². The molecule has 2 heterocycles. The van der Waals surface area contributed by atoms with Crippen molar-refractivity contribution in [3.8, 4) is 0 Å². The fourth-order valence-corrected chi connectivity index (χ4v) is 1.02. The van der Waals surface area contributed by atoms with Crippen molar-refractivity contribution in [3.63, 3.8) is 0 Å². The summed E-state index contributed by atoms with van der Waals surface area (Å²) in [4.78, 5) is 11.2. The van der Waals surface area contributed by atoms with Crippen LogP contribution in [0.2, 0.25) is 0 Å². The molecule has 60 valence electrons. The molecule has 2 N–H and O–H groups in total. The molecule has 0 aromatic carbocycles. The molecule has 0 saturated carbocycles. The van der Waals surface area contributed by atoms with E-state index in [1.165, 1.54) is 6.34 Å². The maximum atomic E-state index is 9.12. The van der Waals surface area contributed by atoms with Crippen LogP contribution in [0.5, 0.6) is 0 Å². The number of nitrogens with one attached hydrogen (secondary N) is 1. The number of hydrogen-bond acceptors (Lipinski definition) is 5. The minimum Gasteiger partial charge on any atom is -0.280 e. The Hall–Kier alpha value is -1.47. The first-order valence-electron chi connectivity index (χ1n) is 3.01. The van der Waals surface area contributed by atoms with E-state index in [0.29, 0.717) is 5.06 Å². The van der Waals surface area contributed by atoms with Crippen LogP contribution in [0.1, 0.15) is 0 Å². The van der Waals surface area contributed by atoms with Gasteiger partial charge >= 0.3 is 0 Å². The lowest BCUT2D eigenvalue weighted by Gasteiger charge is -2.19. The molecule has 0 atom stereocenters. The van der Waals surface area contributed by atoms with Crippen LogP contribution in [0, 0.1) is 5.41 Å². The molecule has 2 aliphatic heterocycles. The average Bonchev–Trinajstić information content (AvgIpc) is 2.48. The first-order valence-corrected chi connectivity index (χ1v) is 3.42. The van der Waals surface area contributed by atoms with Crippen LogP contribution in [-0.4, -0.2) is 39.1 Å². The summed E-state index contributed by atoms with van der Waals surface area (Å²) in [6.07, 6.45) is 1.27. The number of amidine groups is 2. The van der Waals surface area contributed by atoms with Gasteiger partial charge in [-0.3, -0.25) is 10.6 Å². The fourth-order valence-electron chi connectivity index (χ4n) is 0.843. The Morgan fingerprint density at radius 2 is 2.33 bits per heavy atom. The Balaban J connectivity index is 2.54. The molecule has 2 rings (SSSR count). The number of hydrogen-bond donors (Lipinski definition) is 2. The van der Waals surface area contributed by atoms with Crippen molar-refractivity contribution >= 4 is 41.1 Å². The van der Waals surface area contributed by atoms with E-state index in [1.54, 1.807) is 0 Å². The SMILES string of the molecule is N=C1C2=NC=NC2=NC(=S)N1O. The second-order valence-electron chi connectivity index (χ2n) is 2.10. The Morgan fingerprint density at radius 3 is 3.08 bits per heavy atom. The van der Waals surface area contributed by atoms with Crippen LogP contribution in [0.4, 0.5) is 0 Å². The van der Waals surface area contributed by atoms with Gasteiger partial charge in [0, 0.05) is 0 Å². The first-order chi connectivity index (χ1) is 5.70. The Bertz CT molecular complexity index is 368. The molecule has 0 spiro atoms. The van der Waals surface area contributed by atoms with Gasteiger partial charge in [0.05, 0.1) is 0 Å². The topological polar surface area (TPSA) is 84.4 Å². The lowest BCUT2D eigenvalue weighted by molar-refractivity contribution is 0.0664. The summed E-state index contributed by atoms with van der Waals surface area (Å²) >= 11 is 4.65. The highest BCUT2D eigenvalue weighted by Crippen LogP contribution is 2.07. The summed E-state index contributed by atoms with van der Waals surface area (Å²) in [5, 5.41) is 16.9. The zero-order valence-electron chi connectivity index (χ0n) is 5.72. The fraction of sp³-hybridized carbons (Fsp3) is 0. The maximum Gasteiger partial charge on any atom is 0.228 e. The van der Waals surface area contributed by atoms with E-state index in [-0.39, 0.29) is 22.5 Å². The standard InChI is InChI=1S/C5H3N5OS/c6-3-2-4(8-1-7-2)9-5(12)10(3)11/h1,6,11H. The number of hydroxylamine groups is 2. The van der Waals surface area contributed by atoms with Gasteiger partial charge < -0.3 is 0 Å². The zero-order chi connectivity index (χ0) is 8.72. The second-order valence-corrected chi connectivity index (χ2v) is 2.47. The smallest absolute Gasteiger partial charge is 0.228 e.